The quantitative estimate of drug-likeness (QED) is 0.780. The summed E-state index contributed by atoms with van der Waals surface area (Å²) in [6, 6.07) is 5.54. The maximum Gasteiger partial charge on any atom is 0.220 e. The van der Waals surface area contributed by atoms with Gasteiger partial charge in [0.25, 0.3) is 0 Å². The minimum Gasteiger partial charge on any atom is -0.492 e. The molecular weight excluding hydrogens is 314 g/mol. The molecule has 1 aromatic carbocycles. The third-order valence-electron chi connectivity index (χ3n) is 3.57. The fourth-order valence-corrected chi connectivity index (χ4v) is 2.76. The van der Waals surface area contributed by atoms with Crippen LogP contribution in [0.5, 0.6) is 5.75 Å². The maximum atomic E-state index is 6.34. The Morgan fingerprint density at radius 3 is 2.61 bits per heavy atom. The van der Waals surface area contributed by atoms with Gasteiger partial charge in [0.15, 0.2) is 0 Å². The summed E-state index contributed by atoms with van der Waals surface area (Å²) in [4.78, 5) is 10.1. The minimum absolute atomic E-state index is 0.172. The molecule has 0 radical (unpaired) electrons. The molecule has 4 N–H and O–H groups in total. The van der Waals surface area contributed by atoms with E-state index >= 15 is 0 Å². The van der Waals surface area contributed by atoms with Crippen molar-refractivity contribution in [3.8, 4) is 5.75 Å². The minimum atomic E-state index is -0.636. The number of nitrogens with two attached hydrogens (primary N) is 2. The van der Waals surface area contributed by atoms with Crippen molar-refractivity contribution in [3.63, 3.8) is 0 Å². The Kier molecular flexibility index (Phi) is 5.36. The Morgan fingerprint density at radius 2 is 2.00 bits per heavy atom. The van der Waals surface area contributed by atoms with Gasteiger partial charge in [-0.25, -0.2) is 4.99 Å². The topological polar surface area (TPSA) is 89.2 Å². The number of ether oxygens (including phenoxy) is 1. The number of halogens is 1. The largest absolute Gasteiger partial charge is 0.492 e. The first-order valence-corrected chi connectivity index (χ1v) is 8.15. The fourth-order valence-electron chi connectivity index (χ4n) is 2.53. The van der Waals surface area contributed by atoms with Gasteiger partial charge in [-0.2, -0.15) is 4.99 Å². The van der Waals surface area contributed by atoms with Crippen LogP contribution in [0.4, 0.5) is 5.69 Å². The molecule has 0 aliphatic carbocycles. The molecule has 126 valence electrons. The molecule has 0 amide bonds. The number of hydrogen-bond acceptors (Lipinski definition) is 6. The number of hydrogen-bond donors (Lipinski definition) is 2. The Bertz CT molecular complexity index is 627. The second-order valence-electron chi connectivity index (χ2n) is 5.94. The molecule has 1 heterocycles. The first-order chi connectivity index (χ1) is 10.8. The number of benzene rings is 1. The summed E-state index contributed by atoms with van der Waals surface area (Å²) in [6.07, 6.45) is 3.31. The summed E-state index contributed by atoms with van der Waals surface area (Å²) in [6.45, 7) is 6.63. The summed E-state index contributed by atoms with van der Waals surface area (Å²) in [5.41, 5.74) is 11.9. The monoisotopic (exact) mass is 337 g/mol. The summed E-state index contributed by atoms with van der Waals surface area (Å²) < 4.78 is 5.72. The van der Waals surface area contributed by atoms with Crippen molar-refractivity contribution < 1.29 is 4.74 Å². The molecule has 23 heavy (non-hydrogen) atoms. The SMILES string of the molecule is CCCCCOc1ccc(N2C(N)=NC(N)=NC2(C)C)cc1Cl. The number of anilines is 1. The van der Waals surface area contributed by atoms with Gasteiger partial charge in [0.1, 0.15) is 11.4 Å². The first-order valence-electron chi connectivity index (χ1n) is 7.77. The highest BCUT2D eigenvalue weighted by atomic mass is 35.5. The van der Waals surface area contributed by atoms with Crippen LogP contribution in [0.15, 0.2) is 28.2 Å². The van der Waals surface area contributed by atoms with Crippen molar-refractivity contribution in [3.05, 3.63) is 23.2 Å². The van der Waals surface area contributed by atoms with E-state index in [0.717, 1.165) is 24.9 Å². The van der Waals surface area contributed by atoms with Crippen LogP contribution >= 0.6 is 11.6 Å². The zero-order chi connectivity index (χ0) is 17.0. The zero-order valence-corrected chi connectivity index (χ0v) is 14.6. The molecule has 0 saturated carbocycles. The number of aliphatic imine (C=N–C) groups is 2. The average molecular weight is 338 g/mol. The Hall–Kier alpha value is -1.95. The van der Waals surface area contributed by atoms with E-state index in [4.69, 9.17) is 27.8 Å². The second-order valence-corrected chi connectivity index (χ2v) is 6.35. The summed E-state index contributed by atoms with van der Waals surface area (Å²) >= 11 is 6.34. The van der Waals surface area contributed by atoms with E-state index in [1.165, 1.54) is 0 Å². The zero-order valence-electron chi connectivity index (χ0n) is 13.8. The number of nitrogens with zero attached hydrogens (tertiary/aromatic N) is 3. The Balaban J connectivity index is 2.18. The summed E-state index contributed by atoms with van der Waals surface area (Å²) in [5, 5.41) is 0.533. The Morgan fingerprint density at radius 1 is 1.26 bits per heavy atom. The lowest BCUT2D eigenvalue weighted by Gasteiger charge is -2.38. The molecule has 0 bridgehead atoms. The molecule has 0 unspecified atom stereocenters. The molecule has 2 rings (SSSR count). The van der Waals surface area contributed by atoms with Crippen LogP contribution in [0.25, 0.3) is 0 Å². The van der Waals surface area contributed by atoms with Gasteiger partial charge in [0, 0.05) is 5.69 Å². The van der Waals surface area contributed by atoms with E-state index < -0.39 is 5.66 Å². The molecule has 0 atom stereocenters. The summed E-state index contributed by atoms with van der Waals surface area (Å²) in [7, 11) is 0. The van der Waals surface area contributed by atoms with E-state index in [-0.39, 0.29) is 11.9 Å². The lowest BCUT2D eigenvalue weighted by molar-refractivity contribution is 0.306. The van der Waals surface area contributed by atoms with Crippen LogP contribution in [0.2, 0.25) is 5.02 Å². The molecule has 1 aromatic rings. The third kappa shape index (κ3) is 4.07. The average Bonchev–Trinajstić information content (AvgIpc) is 2.43. The number of guanidine groups is 2. The van der Waals surface area contributed by atoms with E-state index in [1.54, 1.807) is 11.0 Å². The second kappa shape index (κ2) is 7.08. The van der Waals surface area contributed by atoms with Crippen molar-refractivity contribution >= 4 is 29.2 Å². The normalized spacial score (nSPS) is 16.8. The maximum absolute atomic E-state index is 6.34. The van der Waals surface area contributed by atoms with E-state index in [0.29, 0.717) is 17.4 Å². The lowest BCUT2D eigenvalue weighted by Crippen LogP contribution is -2.54. The van der Waals surface area contributed by atoms with Gasteiger partial charge in [0.05, 0.1) is 11.6 Å². The first kappa shape index (κ1) is 17.4. The molecule has 0 saturated heterocycles. The number of rotatable bonds is 6. The molecule has 1 aliphatic rings. The van der Waals surface area contributed by atoms with Crippen LogP contribution in [0, 0.1) is 0 Å². The van der Waals surface area contributed by atoms with Gasteiger partial charge in [-0.15, -0.1) is 0 Å². The fraction of sp³-hybridized carbons (Fsp3) is 0.500. The summed E-state index contributed by atoms with van der Waals surface area (Å²) in [5.74, 6) is 1.13. The Labute approximate surface area is 142 Å². The molecule has 1 aliphatic heterocycles. The highest BCUT2D eigenvalue weighted by molar-refractivity contribution is 6.32. The smallest absolute Gasteiger partial charge is 0.220 e. The van der Waals surface area contributed by atoms with Gasteiger partial charge >= 0.3 is 0 Å². The van der Waals surface area contributed by atoms with Gasteiger partial charge in [0.2, 0.25) is 11.9 Å². The molecule has 6 nitrogen and oxygen atoms in total. The lowest BCUT2D eigenvalue weighted by atomic mass is 10.1. The van der Waals surface area contributed by atoms with E-state index in [2.05, 4.69) is 16.9 Å². The van der Waals surface area contributed by atoms with E-state index in [1.807, 2.05) is 26.0 Å². The third-order valence-corrected chi connectivity index (χ3v) is 3.87. The van der Waals surface area contributed by atoms with Gasteiger partial charge in [-0.05, 0) is 38.5 Å². The predicted molar refractivity (Wildman–Crippen MR) is 96.3 cm³/mol. The predicted octanol–water partition coefficient (Wildman–Crippen LogP) is 3.09. The molecule has 0 aromatic heterocycles. The van der Waals surface area contributed by atoms with Crippen molar-refractivity contribution in [2.24, 2.45) is 21.5 Å². The van der Waals surface area contributed by atoms with Crippen LogP contribution in [-0.2, 0) is 0 Å². The highest BCUT2D eigenvalue weighted by Crippen LogP contribution is 2.33. The van der Waals surface area contributed by atoms with Crippen molar-refractivity contribution in [2.45, 2.75) is 45.7 Å². The van der Waals surface area contributed by atoms with Gasteiger partial charge in [-0.3, -0.25) is 4.90 Å². The number of unbranched alkanes of at least 4 members (excludes halogenated alkanes) is 2. The van der Waals surface area contributed by atoms with Crippen molar-refractivity contribution in [1.29, 1.82) is 0 Å². The van der Waals surface area contributed by atoms with Crippen LogP contribution in [-0.4, -0.2) is 24.2 Å². The highest BCUT2D eigenvalue weighted by Gasteiger charge is 2.33. The molecule has 0 fully saturated rings. The van der Waals surface area contributed by atoms with Crippen LogP contribution in [0.3, 0.4) is 0 Å². The molecule has 7 heteroatoms. The molecular formula is C16H24ClN5O. The van der Waals surface area contributed by atoms with Crippen LogP contribution in [0.1, 0.15) is 40.0 Å². The van der Waals surface area contributed by atoms with Gasteiger partial charge < -0.3 is 16.2 Å². The standard InChI is InChI=1S/C16H24ClN5O/c1-4-5-6-9-23-13-8-7-11(10-12(13)17)22-15(19)20-14(18)21-16(22,2)3/h7-8,10H,4-6,9H2,1-3H3,(H4,18,19,20,21). The van der Waals surface area contributed by atoms with Crippen LogP contribution < -0.4 is 21.1 Å². The molecule has 0 spiro atoms. The van der Waals surface area contributed by atoms with Crippen molar-refractivity contribution in [1.82, 2.24) is 0 Å². The van der Waals surface area contributed by atoms with Crippen molar-refractivity contribution in [2.75, 3.05) is 11.5 Å². The van der Waals surface area contributed by atoms with Gasteiger partial charge in [-0.1, -0.05) is 31.4 Å². The van der Waals surface area contributed by atoms with E-state index in [9.17, 15) is 0 Å².